The van der Waals surface area contributed by atoms with Crippen molar-refractivity contribution in [3.05, 3.63) is 85.6 Å². The number of nitrogens with one attached hydrogen (secondary N) is 1. The van der Waals surface area contributed by atoms with Gasteiger partial charge in [0.1, 0.15) is 5.57 Å². The van der Waals surface area contributed by atoms with Crippen molar-refractivity contribution >= 4 is 70.4 Å². The third-order valence-electron chi connectivity index (χ3n) is 5.47. The van der Waals surface area contributed by atoms with Gasteiger partial charge in [0.2, 0.25) is 0 Å². The van der Waals surface area contributed by atoms with Gasteiger partial charge in [0, 0.05) is 17.1 Å². The van der Waals surface area contributed by atoms with E-state index < -0.39 is 23.8 Å². The fourth-order valence-corrected chi connectivity index (χ4v) is 4.37. The molecule has 0 atom stereocenters. The molecule has 0 saturated carbocycles. The Hall–Kier alpha value is -3.59. The van der Waals surface area contributed by atoms with Crippen LogP contribution in [0.5, 0.6) is 0 Å². The number of aromatic carboxylic acids is 1. The van der Waals surface area contributed by atoms with Crippen LogP contribution in [0.1, 0.15) is 27.3 Å². The molecular weight excluding hydrogens is 517 g/mol. The zero-order chi connectivity index (χ0) is 25.6. The van der Waals surface area contributed by atoms with E-state index in [1.54, 1.807) is 23.6 Å². The van der Waals surface area contributed by atoms with Gasteiger partial charge in [0.15, 0.2) is 0 Å². The molecule has 1 fully saturated rings. The molecule has 0 radical (unpaired) electrons. The highest BCUT2D eigenvalue weighted by Gasteiger charge is 2.37. The lowest BCUT2D eigenvalue weighted by Gasteiger charge is -2.26. The third-order valence-corrected chi connectivity index (χ3v) is 6.53. The number of nitrogens with zero attached hydrogens (tertiary/aromatic N) is 2. The van der Waals surface area contributed by atoms with E-state index in [9.17, 15) is 24.3 Å². The number of hydrogen-bond donors (Lipinski definition) is 2. The Morgan fingerprint density at radius 1 is 0.914 bits per heavy atom. The van der Waals surface area contributed by atoms with Gasteiger partial charge < -0.3 is 9.67 Å². The first-order valence-corrected chi connectivity index (χ1v) is 11.2. The van der Waals surface area contributed by atoms with Gasteiger partial charge in [-0.15, -0.1) is 0 Å². The average molecular weight is 533 g/mol. The van der Waals surface area contributed by atoms with E-state index in [1.807, 2.05) is 6.92 Å². The highest BCUT2D eigenvalue weighted by atomic mass is 35.5. The Bertz CT molecular complexity index is 1480. The number of carboxylic acids is 1. The molecule has 4 rings (SSSR count). The van der Waals surface area contributed by atoms with Crippen LogP contribution in [0.15, 0.2) is 48.0 Å². The Labute approximate surface area is 214 Å². The summed E-state index contributed by atoms with van der Waals surface area (Å²) >= 11 is 18.1. The molecule has 4 amide bonds. The van der Waals surface area contributed by atoms with E-state index >= 15 is 0 Å². The van der Waals surface area contributed by atoms with Gasteiger partial charge >= 0.3 is 12.0 Å². The fraction of sp³-hybridized carbons (Fsp3) is 0.0833. The molecule has 178 valence electrons. The largest absolute Gasteiger partial charge is 0.478 e. The molecule has 0 aliphatic carbocycles. The predicted molar refractivity (Wildman–Crippen MR) is 133 cm³/mol. The quantitative estimate of drug-likeness (QED) is 0.345. The van der Waals surface area contributed by atoms with Crippen molar-refractivity contribution in [2.75, 3.05) is 4.90 Å². The maximum absolute atomic E-state index is 13.2. The van der Waals surface area contributed by atoms with Gasteiger partial charge in [0.25, 0.3) is 11.8 Å². The summed E-state index contributed by atoms with van der Waals surface area (Å²) in [5.41, 5.74) is 2.42. The third kappa shape index (κ3) is 4.43. The van der Waals surface area contributed by atoms with Crippen molar-refractivity contribution in [2.45, 2.75) is 13.8 Å². The molecule has 11 heteroatoms. The normalized spacial score (nSPS) is 15.1. The van der Waals surface area contributed by atoms with Crippen molar-refractivity contribution in [1.82, 2.24) is 9.88 Å². The molecular formula is C24H16Cl3N3O5. The number of carboxylic acid groups (broad SMARTS) is 1. The minimum absolute atomic E-state index is 0.0308. The van der Waals surface area contributed by atoms with Crippen molar-refractivity contribution < 1.29 is 24.3 Å². The number of carbonyl (C=O) groups excluding carboxylic acids is 3. The summed E-state index contributed by atoms with van der Waals surface area (Å²) in [5, 5.41) is 11.8. The van der Waals surface area contributed by atoms with Crippen LogP contribution in [-0.4, -0.2) is 33.5 Å². The molecule has 1 saturated heterocycles. The van der Waals surface area contributed by atoms with Crippen LogP contribution in [0.2, 0.25) is 15.1 Å². The maximum Gasteiger partial charge on any atom is 0.337 e. The molecule has 1 aliphatic heterocycles. The van der Waals surface area contributed by atoms with Crippen LogP contribution in [-0.2, 0) is 9.59 Å². The first-order valence-electron chi connectivity index (χ1n) is 10.1. The van der Waals surface area contributed by atoms with E-state index in [2.05, 4.69) is 5.32 Å². The summed E-state index contributed by atoms with van der Waals surface area (Å²) in [6.45, 7) is 3.58. The average Bonchev–Trinajstić information content (AvgIpc) is 3.05. The number of benzene rings is 2. The monoisotopic (exact) mass is 531 g/mol. The molecule has 0 unspecified atom stereocenters. The van der Waals surface area contributed by atoms with Gasteiger partial charge in [-0.2, -0.15) is 0 Å². The highest BCUT2D eigenvalue weighted by molar-refractivity contribution is 6.43. The van der Waals surface area contributed by atoms with E-state index in [1.165, 1.54) is 36.4 Å². The summed E-state index contributed by atoms with van der Waals surface area (Å²) < 4.78 is 1.80. The summed E-state index contributed by atoms with van der Waals surface area (Å²) in [6.07, 6.45) is 1.39. The molecule has 2 heterocycles. The lowest BCUT2D eigenvalue weighted by atomic mass is 10.1. The van der Waals surface area contributed by atoms with Crippen molar-refractivity contribution in [3.8, 4) is 5.69 Å². The first kappa shape index (κ1) is 24.5. The van der Waals surface area contributed by atoms with Crippen LogP contribution < -0.4 is 10.2 Å². The Morgan fingerprint density at radius 2 is 1.57 bits per heavy atom. The van der Waals surface area contributed by atoms with E-state index in [4.69, 9.17) is 34.8 Å². The van der Waals surface area contributed by atoms with Crippen LogP contribution >= 0.6 is 34.8 Å². The lowest BCUT2D eigenvalue weighted by molar-refractivity contribution is -0.122. The minimum atomic E-state index is -1.14. The summed E-state index contributed by atoms with van der Waals surface area (Å²) in [7, 11) is 0. The molecule has 2 N–H and O–H groups in total. The van der Waals surface area contributed by atoms with Crippen LogP contribution in [0.3, 0.4) is 0 Å². The Balaban J connectivity index is 1.76. The molecule has 35 heavy (non-hydrogen) atoms. The molecule has 1 aromatic heterocycles. The van der Waals surface area contributed by atoms with Crippen LogP contribution in [0.4, 0.5) is 10.5 Å². The number of urea groups is 1. The van der Waals surface area contributed by atoms with Gasteiger partial charge in [-0.1, -0.05) is 34.8 Å². The van der Waals surface area contributed by atoms with E-state index in [0.717, 1.165) is 10.6 Å². The van der Waals surface area contributed by atoms with Gasteiger partial charge in [-0.05, 0) is 68.0 Å². The lowest BCUT2D eigenvalue weighted by Crippen LogP contribution is -2.54. The molecule has 1 aliphatic rings. The van der Waals surface area contributed by atoms with Gasteiger partial charge in [-0.25, -0.2) is 14.5 Å². The van der Waals surface area contributed by atoms with E-state index in [-0.39, 0.29) is 31.9 Å². The Morgan fingerprint density at radius 3 is 2.20 bits per heavy atom. The summed E-state index contributed by atoms with van der Waals surface area (Å²) in [5.74, 6) is -2.80. The summed E-state index contributed by atoms with van der Waals surface area (Å²) in [6, 6.07) is 9.60. The number of carbonyl (C=O) groups is 4. The first-order chi connectivity index (χ1) is 16.5. The topological polar surface area (TPSA) is 109 Å². The Kier molecular flexibility index (Phi) is 6.46. The van der Waals surface area contributed by atoms with Crippen molar-refractivity contribution in [2.24, 2.45) is 0 Å². The second-order valence-corrected chi connectivity index (χ2v) is 8.91. The number of anilines is 1. The molecule has 8 nitrogen and oxygen atoms in total. The van der Waals surface area contributed by atoms with Crippen LogP contribution in [0, 0.1) is 13.8 Å². The maximum atomic E-state index is 13.2. The second kappa shape index (κ2) is 9.22. The number of hydrogen-bond acceptors (Lipinski definition) is 4. The summed E-state index contributed by atoms with van der Waals surface area (Å²) in [4.78, 5) is 50.3. The smallest absolute Gasteiger partial charge is 0.337 e. The van der Waals surface area contributed by atoms with Crippen LogP contribution in [0.25, 0.3) is 11.8 Å². The zero-order valence-electron chi connectivity index (χ0n) is 18.2. The molecule has 2 aromatic carbocycles. The molecule has 0 bridgehead atoms. The second-order valence-electron chi connectivity index (χ2n) is 7.69. The number of amides is 4. The SMILES string of the molecule is Cc1cc(/C=C2\C(=O)NC(=O)N(c3ccc(Cl)c(Cl)c3)C2=O)c(C)n1-c1ccc(C(=O)O)c(Cl)c1. The molecule has 3 aromatic rings. The van der Waals surface area contributed by atoms with Gasteiger partial charge in [-0.3, -0.25) is 14.9 Å². The number of barbiturate groups is 1. The highest BCUT2D eigenvalue weighted by Crippen LogP contribution is 2.31. The number of rotatable bonds is 4. The number of aryl methyl sites for hydroxylation is 1. The number of imide groups is 2. The fourth-order valence-electron chi connectivity index (χ4n) is 3.82. The number of aromatic nitrogens is 1. The van der Waals surface area contributed by atoms with E-state index in [0.29, 0.717) is 16.9 Å². The predicted octanol–water partition coefficient (Wildman–Crippen LogP) is 5.42. The molecule has 0 spiro atoms. The number of halogens is 3. The minimum Gasteiger partial charge on any atom is -0.478 e. The standard InChI is InChI=1S/C24H16Cl3N3O5/c1-11-7-13(12(2)29(11)14-3-5-16(23(33)34)19(26)9-14)8-17-21(31)28-24(35)30(22(17)32)15-4-6-18(25)20(27)10-15/h3-10H,1-2H3,(H,33,34)(H,28,31,35)/b17-8+. The zero-order valence-corrected chi connectivity index (χ0v) is 20.5. The van der Waals surface area contributed by atoms with Gasteiger partial charge in [0.05, 0.1) is 26.3 Å². The van der Waals surface area contributed by atoms with Crippen molar-refractivity contribution in [1.29, 1.82) is 0 Å². The van der Waals surface area contributed by atoms with Crippen molar-refractivity contribution in [3.63, 3.8) is 0 Å².